The van der Waals surface area contributed by atoms with Crippen molar-refractivity contribution in [2.45, 2.75) is 18.8 Å². The van der Waals surface area contributed by atoms with Crippen molar-refractivity contribution < 1.29 is 9.59 Å². The summed E-state index contributed by atoms with van der Waals surface area (Å²) >= 11 is 0. The van der Waals surface area contributed by atoms with Crippen LogP contribution in [0.3, 0.4) is 0 Å². The summed E-state index contributed by atoms with van der Waals surface area (Å²) in [5.74, 6) is -1.09. The van der Waals surface area contributed by atoms with Crippen LogP contribution in [0.2, 0.25) is 0 Å². The van der Waals surface area contributed by atoms with Gasteiger partial charge in [0.1, 0.15) is 0 Å². The van der Waals surface area contributed by atoms with E-state index in [1.165, 1.54) is 12.2 Å². The van der Waals surface area contributed by atoms with Crippen LogP contribution in [-0.2, 0) is 15.0 Å². The van der Waals surface area contributed by atoms with Gasteiger partial charge in [-0.3, -0.25) is 9.59 Å². The number of benzene rings is 1. The van der Waals surface area contributed by atoms with Gasteiger partial charge in [0, 0.05) is 6.08 Å². The average molecular weight is 232 g/mol. The molecule has 0 fully saturated rings. The minimum Gasteiger partial charge on any atom is -0.369 e. The summed E-state index contributed by atoms with van der Waals surface area (Å²) in [7, 11) is 0. The van der Waals surface area contributed by atoms with E-state index in [1.807, 2.05) is 25.1 Å². The Bertz CT molecular complexity index is 440. The van der Waals surface area contributed by atoms with Crippen LogP contribution in [0.4, 0.5) is 0 Å². The summed E-state index contributed by atoms with van der Waals surface area (Å²) in [6, 6.07) is 9.10. The van der Waals surface area contributed by atoms with Gasteiger partial charge in [0.15, 0.2) is 0 Å². The molecule has 1 unspecified atom stereocenters. The van der Waals surface area contributed by atoms with Crippen molar-refractivity contribution in [3.05, 3.63) is 48.0 Å². The third kappa shape index (κ3) is 2.72. The lowest BCUT2D eigenvalue weighted by Crippen LogP contribution is -2.39. The molecule has 0 bridgehead atoms. The molecule has 4 N–H and O–H groups in total. The molecule has 0 aromatic heterocycles. The Morgan fingerprint density at radius 1 is 1.24 bits per heavy atom. The lowest BCUT2D eigenvalue weighted by Gasteiger charge is -2.26. The number of carbonyl (C=O) groups excluding carboxylic acids is 2. The molecule has 0 radical (unpaired) electrons. The molecule has 0 aliphatic heterocycles. The van der Waals surface area contributed by atoms with Crippen LogP contribution in [0.25, 0.3) is 0 Å². The van der Waals surface area contributed by atoms with Gasteiger partial charge in [-0.15, -0.1) is 0 Å². The molecule has 0 saturated heterocycles. The second-order valence-electron chi connectivity index (χ2n) is 3.79. The van der Waals surface area contributed by atoms with E-state index in [1.54, 1.807) is 12.1 Å². The monoisotopic (exact) mass is 232 g/mol. The highest BCUT2D eigenvalue weighted by molar-refractivity contribution is 5.92. The highest BCUT2D eigenvalue weighted by atomic mass is 16.1. The summed E-state index contributed by atoms with van der Waals surface area (Å²) < 4.78 is 0. The van der Waals surface area contributed by atoms with E-state index in [4.69, 9.17) is 11.5 Å². The maximum absolute atomic E-state index is 11.7. The molecule has 1 aromatic rings. The van der Waals surface area contributed by atoms with Crippen molar-refractivity contribution in [1.29, 1.82) is 0 Å². The molecule has 0 spiro atoms. The van der Waals surface area contributed by atoms with Crippen LogP contribution in [0.1, 0.15) is 18.9 Å². The largest absolute Gasteiger partial charge is 0.369 e. The van der Waals surface area contributed by atoms with Gasteiger partial charge in [0.2, 0.25) is 11.8 Å². The molecule has 1 rings (SSSR count). The number of amides is 2. The molecule has 90 valence electrons. The maximum Gasteiger partial charge on any atom is 0.241 e. The fourth-order valence-corrected chi connectivity index (χ4v) is 1.78. The number of hydrogen-bond acceptors (Lipinski definition) is 2. The first-order valence-corrected chi connectivity index (χ1v) is 5.37. The molecule has 4 heteroatoms. The van der Waals surface area contributed by atoms with Crippen molar-refractivity contribution >= 4 is 11.8 Å². The Kier molecular flexibility index (Phi) is 4.04. The van der Waals surface area contributed by atoms with Gasteiger partial charge < -0.3 is 11.5 Å². The van der Waals surface area contributed by atoms with Crippen LogP contribution >= 0.6 is 0 Å². The highest BCUT2D eigenvalue weighted by Gasteiger charge is 2.33. The average Bonchev–Trinajstić information content (AvgIpc) is 2.31. The van der Waals surface area contributed by atoms with E-state index in [0.717, 1.165) is 5.56 Å². The lowest BCUT2D eigenvalue weighted by atomic mass is 9.77. The third-order valence-corrected chi connectivity index (χ3v) is 2.82. The van der Waals surface area contributed by atoms with E-state index in [0.29, 0.717) is 6.42 Å². The van der Waals surface area contributed by atoms with Gasteiger partial charge >= 0.3 is 0 Å². The molecule has 0 saturated carbocycles. The van der Waals surface area contributed by atoms with E-state index in [9.17, 15) is 9.59 Å². The molecule has 0 aliphatic carbocycles. The Balaban J connectivity index is 3.28. The van der Waals surface area contributed by atoms with Crippen molar-refractivity contribution in [3.63, 3.8) is 0 Å². The van der Waals surface area contributed by atoms with Crippen LogP contribution in [0, 0.1) is 0 Å². The normalized spacial score (nSPS) is 14.4. The fourth-order valence-electron chi connectivity index (χ4n) is 1.78. The molecule has 1 atom stereocenters. The van der Waals surface area contributed by atoms with Crippen LogP contribution in [0.15, 0.2) is 42.5 Å². The Morgan fingerprint density at radius 2 is 1.82 bits per heavy atom. The number of primary amides is 2. The third-order valence-electron chi connectivity index (χ3n) is 2.82. The fraction of sp³-hybridized carbons (Fsp3) is 0.231. The predicted octanol–water partition coefficient (Wildman–Crippen LogP) is 0.861. The predicted molar refractivity (Wildman–Crippen MR) is 65.9 cm³/mol. The quantitative estimate of drug-likeness (QED) is 0.738. The maximum atomic E-state index is 11.7. The van der Waals surface area contributed by atoms with Crippen LogP contribution < -0.4 is 11.5 Å². The summed E-state index contributed by atoms with van der Waals surface area (Å²) in [6.45, 7) is 1.84. The summed E-state index contributed by atoms with van der Waals surface area (Å²) in [5.41, 5.74) is 10.3. The topological polar surface area (TPSA) is 86.2 Å². The zero-order valence-corrected chi connectivity index (χ0v) is 9.72. The first-order chi connectivity index (χ1) is 8.03. The van der Waals surface area contributed by atoms with Crippen molar-refractivity contribution in [1.82, 2.24) is 0 Å². The molecule has 4 nitrogen and oxygen atoms in total. The zero-order valence-electron chi connectivity index (χ0n) is 9.72. The van der Waals surface area contributed by atoms with Crippen LogP contribution in [-0.4, -0.2) is 11.8 Å². The second-order valence-corrected chi connectivity index (χ2v) is 3.79. The van der Waals surface area contributed by atoms with Crippen molar-refractivity contribution in [2.24, 2.45) is 11.5 Å². The van der Waals surface area contributed by atoms with E-state index < -0.39 is 17.2 Å². The molecule has 1 aromatic carbocycles. The van der Waals surface area contributed by atoms with Gasteiger partial charge in [-0.1, -0.05) is 43.3 Å². The summed E-state index contributed by atoms with van der Waals surface area (Å²) in [6.07, 6.45) is 3.13. The zero-order chi connectivity index (χ0) is 12.9. The Hall–Kier alpha value is -2.10. The second kappa shape index (κ2) is 5.30. The first kappa shape index (κ1) is 13.0. The molecule has 2 amide bonds. The van der Waals surface area contributed by atoms with Gasteiger partial charge in [-0.2, -0.15) is 0 Å². The molecular weight excluding hydrogens is 216 g/mol. The van der Waals surface area contributed by atoms with Crippen LogP contribution in [0.5, 0.6) is 0 Å². The van der Waals surface area contributed by atoms with Crippen molar-refractivity contribution in [3.8, 4) is 0 Å². The van der Waals surface area contributed by atoms with E-state index >= 15 is 0 Å². The Labute approximate surface area is 100 Å². The highest BCUT2D eigenvalue weighted by Crippen LogP contribution is 2.29. The summed E-state index contributed by atoms with van der Waals surface area (Å²) in [4.78, 5) is 22.5. The smallest absolute Gasteiger partial charge is 0.241 e. The van der Waals surface area contributed by atoms with Gasteiger partial charge in [-0.25, -0.2) is 0 Å². The number of carbonyl (C=O) groups is 2. The number of rotatable bonds is 5. The number of hydrogen-bond donors (Lipinski definition) is 2. The SMILES string of the molecule is CCC(/C=C/C(N)=O)(C(N)=O)c1ccccc1. The molecule has 0 aliphatic rings. The molecule has 17 heavy (non-hydrogen) atoms. The number of nitrogens with two attached hydrogens (primary N) is 2. The standard InChI is InChI=1S/C13H16N2O2/c1-2-13(12(15)17,9-8-11(14)16)10-6-4-3-5-7-10/h3-9H,2H2,1H3,(H2,14,16)(H2,15,17)/b9-8+. The minimum atomic E-state index is -0.976. The minimum absolute atomic E-state index is 0.468. The van der Waals surface area contributed by atoms with E-state index in [2.05, 4.69) is 0 Å². The van der Waals surface area contributed by atoms with Gasteiger partial charge in [0.25, 0.3) is 0 Å². The van der Waals surface area contributed by atoms with Crippen molar-refractivity contribution in [2.75, 3.05) is 0 Å². The summed E-state index contributed by atoms with van der Waals surface area (Å²) in [5, 5.41) is 0. The van der Waals surface area contributed by atoms with Gasteiger partial charge in [-0.05, 0) is 12.0 Å². The van der Waals surface area contributed by atoms with Gasteiger partial charge in [0.05, 0.1) is 5.41 Å². The Morgan fingerprint density at radius 3 is 2.24 bits per heavy atom. The lowest BCUT2D eigenvalue weighted by molar-refractivity contribution is -0.122. The van der Waals surface area contributed by atoms with E-state index in [-0.39, 0.29) is 0 Å². The molecular formula is C13H16N2O2. The first-order valence-electron chi connectivity index (χ1n) is 5.37. The molecule has 0 heterocycles.